The van der Waals surface area contributed by atoms with E-state index in [4.69, 9.17) is 4.74 Å². The standard InChI is InChI=1S/C12H18FNO4/c1-12(2,3)18-11(16)14-9-6-7(5-8(9)13)10(15)17-4/h5,8-9H,6H2,1-4H3,(H,14,16)/t8-,9-/m0/s1. The van der Waals surface area contributed by atoms with Crippen molar-refractivity contribution in [1.29, 1.82) is 0 Å². The molecule has 1 aliphatic rings. The summed E-state index contributed by atoms with van der Waals surface area (Å²) < 4.78 is 23.1. The number of nitrogens with one attached hydrogen (secondary N) is 1. The molecule has 5 nitrogen and oxygen atoms in total. The van der Waals surface area contributed by atoms with E-state index >= 15 is 0 Å². The molecule has 0 heterocycles. The molecule has 0 aromatic rings. The Morgan fingerprint density at radius 3 is 2.56 bits per heavy atom. The molecule has 0 saturated carbocycles. The molecule has 2 atom stereocenters. The molecule has 0 radical (unpaired) electrons. The number of methoxy groups -OCH3 is 1. The van der Waals surface area contributed by atoms with Gasteiger partial charge in [-0.25, -0.2) is 14.0 Å². The Morgan fingerprint density at radius 1 is 1.44 bits per heavy atom. The number of hydrogen-bond donors (Lipinski definition) is 1. The van der Waals surface area contributed by atoms with Crippen LogP contribution in [0.2, 0.25) is 0 Å². The fourth-order valence-corrected chi connectivity index (χ4v) is 1.60. The summed E-state index contributed by atoms with van der Waals surface area (Å²) in [6.45, 7) is 5.14. The molecule has 1 N–H and O–H groups in total. The topological polar surface area (TPSA) is 64.6 Å². The van der Waals surface area contributed by atoms with E-state index in [1.165, 1.54) is 7.11 Å². The summed E-state index contributed by atoms with van der Waals surface area (Å²) in [4.78, 5) is 22.7. The number of carbonyl (C=O) groups is 2. The Hall–Kier alpha value is -1.59. The third kappa shape index (κ3) is 4.01. The molecule has 0 aromatic carbocycles. The van der Waals surface area contributed by atoms with Crippen LogP contribution >= 0.6 is 0 Å². The van der Waals surface area contributed by atoms with Crippen LogP contribution in [0, 0.1) is 0 Å². The minimum atomic E-state index is -1.41. The maximum absolute atomic E-state index is 13.6. The number of carbonyl (C=O) groups excluding carboxylic acids is 2. The Balaban J connectivity index is 2.52. The lowest BCUT2D eigenvalue weighted by atomic mass is 10.2. The lowest BCUT2D eigenvalue weighted by Gasteiger charge is -2.22. The first-order valence-corrected chi connectivity index (χ1v) is 5.65. The monoisotopic (exact) mass is 259 g/mol. The normalized spacial score (nSPS) is 23.3. The van der Waals surface area contributed by atoms with Gasteiger partial charge in [0.05, 0.1) is 13.2 Å². The van der Waals surface area contributed by atoms with Gasteiger partial charge in [-0.05, 0) is 26.8 Å². The quantitative estimate of drug-likeness (QED) is 0.767. The molecule has 0 fully saturated rings. The summed E-state index contributed by atoms with van der Waals surface area (Å²) in [5, 5.41) is 2.40. The molecule has 0 bridgehead atoms. The molecule has 1 aliphatic carbocycles. The van der Waals surface area contributed by atoms with Gasteiger partial charge >= 0.3 is 12.1 Å². The number of alkyl halides is 1. The second kappa shape index (κ2) is 5.37. The van der Waals surface area contributed by atoms with Gasteiger partial charge < -0.3 is 14.8 Å². The van der Waals surface area contributed by atoms with Gasteiger partial charge in [0.25, 0.3) is 0 Å². The number of amides is 1. The maximum Gasteiger partial charge on any atom is 0.407 e. The average Bonchev–Trinajstić information content (AvgIpc) is 2.56. The maximum atomic E-state index is 13.6. The molecular weight excluding hydrogens is 241 g/mol. The van der Waals surface area contributed by atoms with Crippen LogP contribution in [0.1, 0.15) is 27.2 Å². The van der Waals surface area contributed by atoms with Gasteiger partial charge in [0.1, 0.15) is 11.8 Å². The van der Waals surface area contributed by atoms with Crippen molar-refractivity contribution < 1.29 is 23.5 Å². The number of esters is 1. The molecule has 0 unspecified atom stereocenters. The fourth-order valence-electron chi connectivity index (χ4n) is 1.60. The highest BCUT2D eigenvalue weighted by molar-refractivity contribution is 5.89. The minimum absolute atomic E-state index is 0.104. The first kappa shape index (κ1) is 14.5. The third-order valence-corrected chi connectivity index (χ3v) is 2.33. The van der Waals surface area contributed by atoms with Crippen molar-refractivity contribution in [2.45, 2.75) is 45.0 Å². The van der Waals surface area contributed by atoms with Crippen LogP contribution in [0.25, 0.3) is 0 Å². The van der Waals surface area contributed by atoms with E-state index in [1.54, 1.807) is 20.8 Å². The van der Waals surface area contributed by atoms with E-state index in [2.05, 4.69) is 10.1 Å². The van der Waals surface area contributed by atoms with Gasteiger partial charge in [0.15, 0.2) is 0 Å². The first-order valence-electron chi connectivity index (χ1n) is 5.65. The van der Waals surface area contributed by atoms with Crippen LogP contribution in [0.15, 0.2) is 11.6 Å². The highest BCUT2D eigenvalue weighted by Crippen LogP contribution is 2.23. The molecule has 0 spiro atoms. The highest BCUT2D eigenvalue weighted by atomic mass is 19.1. The molecule has 0 aliphatic heterocycles. The van der Waals surface area contributed by atoms with Gasteiger partial charge in [-0.2, -0.15) is 0 Å². The molecule has 18 heavy (non-hydrogen) atoms. The van der Waals surface area contributed by atoms with E-state index in [-0.39, 0.29) is 12.0 Å². The zero-order valence-electron chi connectivity index (χ0n) is 11.0. The van der Waals surface area contributed by atoms with Crippen molar-refractivity contribution in [2.24, 2.45) is 0 Å². The summed E-state index contributed by atoms with van der Waals surface area (Å²) in [5.74, 6) is -0.578. The SMILES string of the molecule is COC(=O)C1=C[C@H](F)[C@@H](NC(=O)OC(C)(C)C)C1. The van der Waals surface area contributed by atoms with E-state index in [0.717, 1.165) is 6.08 Å². The number of hydrogen-bond acceptors (Lipinski definition) is 4. The smallest absolute Gasteiger partial charge is 0.407 e. The van der Waals surface area contributed by atoms with Crippen molar-refractivity contribution in [2.75, 3.05) is 7.11 Å². The van der Waals surface area contributed by atoms with Crippen molar-refractivity contribution >= 4 is 12.1 Å². The molecule has 102 valence electrons. The van der Waals surface area contributed by atoms with Gasteiger partial charge in [0.2, 0.25) is 0 Å². The van der Waals surface area contributed by atoms with E-state index in [0.29, 0.717) is 0 Å². The van der Waals surface area contributed by atoms with E-state index in [1.807, 2.05) is 0 Å². The van der Waals surface area contributed by atoms with Crippen LogP contribution in [-0.2, 0) is 14.3 Å². The fraction of sp³-hybridized carbons (Fsp3) is 0.667. The number of halogens is 1. The van der Waals surface area contributed by atoms with Gasteiger partial charge in [-0.1, -0.05) is 0 Å². The molecule has 1 amide bonds. The average molecular weight is 259 g/mol. The van der Waals surface area contributed by atoms with Crippen molar-refractivity contribution in [3.8, 4) is 0 Å². The zero-order valence-corrected chi connectivity index (χ0v) is 11.0. The summed E-state index contributed by atoms with van der Waals surface area (Å²) in [6.07, 6.45) is -0.845. The molecular formula is C12H18FNO4. The lowest BCUT2D eigenvalue weighted by Crippen LogP contribution is -2.42. The summed E-state index contributed by atoms with van der Waals surface area (Å²) >= 11 is 0. The van der Waals surface area contributed by atoms with Crippen molar-refractivity contribution in [1.82, 2.24) is 5.32 Å². The Bertz CT molecular complexity index is 373. The van der Waals surface area contributed by atoms with Crippen LogP contribution in [0.4, 0.5) is 9.18 Å². The van der Waals surface area contributed by atoms with E-state index in [9.17, 15) is 14.0 Å². The van der Waals surface area contributed by atoms with Crippen molar-refractivity contribution in [3.05, 3.63) is 11.6 Å². The number of alkyl carbamates (subject to hydrolysis) is 1. The van der Waals surface area contributed by atoms with Gasteiger partial charge in [0, 0.05) is 12.0 Å². The highest BCUT2D eigenvalue weighted by Gasteiger charge is 2.33. The largest absolute Gasteiger partial charge is 0.466 e. The van der Waals surface area contributed by atoms with Crippen LogP contribution < -0.4 is 5.32 Å². The summed E-state index contributed by atoms with van der Waals surface area (Å²) in [6, 6.07) is -0.783. The molecule has 0 aromatic heterocycles. The summed E-state index contributed by atoms with van der Waals surface area (Å²) in [7, 11) is 1.23. The number of rotatable bonds is 2. The Labute approximate surface area is 105 Å². The van der Waals surface area contributed by atoms with Gasteiger partial charge in [-0.15, -0.1) is 0 Å². The second-order valence-corrected chi connectivity index (χ2v) is 5.08. The van der Waals surface area contributed by atoms with Crippen LogP contribution in [-0.4, -0.2) is 37.0 Å². The summed E-state index contributed by atoms with van der Waals surface area (Å²) in [5.41, 5.74) is -0.418. The predicted molar refractivity (Wildman–Crippen MR) is 62.8 cm³/mol. The van der Waals surface area contributed by atoms with E-state index < -0.39 is 29.9 Å². The predicted octanol–water partition coefficient (Wildman–Crippen LogP) is 1.72. The van der Waals surface area contributed by atoms with Crippen molar-refractivity contribution in [3.63, 3.8) is 0 Å². The molecule has 1 rings (SSSR count). The third-order valence-electron chi connectivity index (χ3n) is 2.33. The van der Waals surface area contributed by atoms with Gasteiger partial charge in [-0.3, -0.25) is 0 Å². The second-order valence-electron chi connectivity index (χ2n) is 5.08. The lowest BCUT2D eigenvalue weighted by molar-refractivity contribution is -0.136. The molecule has 6 heteroatoms. The Kier molecular flexibility index (Phi) is 4.32. The van der Waals surface area contributed by atoms with Crippen LogP contribution in [0.5, 0.6) is 0 Å². The van der Waals surface area contributed by atoms with Crippen LogP contribution in [0.3, 0.4) is 0 Å². The number of ether oxygens (including phenoxy) is 2. The Morgan fingerprint density at radius 2 is 2.06 bits per heavy atom. The first-order chi connectivity index (χ1) is 8.23. The minimum Gasteiger partial charge on any atom is -0.466 e. The zero-order chi connectivity index (χ0) is 13.9. The molecule has 0 saturated heterocycles.